The molecule has 2 aromatic carbocycles. The fraction of sp³-hybridized carbons (Fsp3) is 0.500. The van der Waals surface area contributed by atoms with E-state index in [1.165, 1.54) is 28.0 Å². The number of fused-ring (bicyclic) bond motifs is 9. The lowest BCUT2D eigenvalue weighted by Gasteiger charge is -2.40. The van der Waals surface area contributed by atoms with Gasteiger partial charge in [0.1, 0.15) is 47.8 Å². The summed E-state index contributed by atoms with van der Waals surface area (Å²) in [5.41, 5.74) is 16.7. The third-order valence-electron chi connectivity index (χ3n) is 13.8. The summed E-state index contributed by atoms with van der Waals surface area (Å²) in [6.07, 6.45) is 3.41. The topological polar surface area (TPSA) is 257 Å². The third-order valence-corrected chi connectivity index (χ3v) is 13.8. The molecule has 0 aliphatic carbocycles. The number of carbonyl (C=O) groups is 5. The lowest BCUT2D eigenvalue weighted by molar-refractivity contribution is -0.146. The number of nitrogens with zero attached hydrogens (tertiary/aromatic N) is 8. The highest BCUT2D eigenvalue weighted by Gasteiger charge is 2.42. The molecule has 7 rings (SSSR count). The van der Waals surface area contributed by atoms with E-state index in [1.807, 2.05) is 43.9 Å². The molecule has 0 unspecified atom stereocenters. The zero-order valence-corrected chi connectivity index (χ0v) is 42.7. The van der Waals surface area contributed by atoms with Gasteiger partial charge in [0.25, 0.3) is 5.91 Å². The summed E-state index contributed by atoms with van der Waals surface area (Å²) in [6.45, 7) is 9.58. The minimum Gasteiger partial charge on any atom is -0.491 e. The van der Waals surface area contributed by atoms with E-state index < -0.39 is 41.2 Å². The summed E-state index contributed by atoms with van der Waals surface area (Å²) in [5, 5.41) is 21.1. The second-order valence-corrected chi connectivity index (χ2v) is 19.9. The van der Waals surface area contributed by atoms with E-state index in [0.717, 1.165) is 17.5 Å². The third kappa shape index (κ3) is 12.2. The number of ether oxygens (including phenoxy) is 3. The number of carbonyl (C=O) groups excluding carboxylic acids is 5. The molecule has 21 heteroatoms. The van der Waals surface area contributed by atoms with Crippen molar-refractivity contribution in [1.29, 1.82) is 5.26 Å². The molecule has 1 saturated heterocycles. The molecule has 3 aliphatic rings. The Hall–Kier alpha value is -7.15. The number of rotatable bonds is 18. The van der Waals surface area contributed by atoms with Gasteiger partial charge in [0.2, 0.25) is 23.6 Å². The van der Waals surface area contributed by atoms with E-state index in [4.69, 9.17) is 30.8 Å². The number of hydrogen-bond acceptors (Lipinski definition) is 14. The second kappa shape index (κ2) is 23.2. The lowest BCUT2D eigenvalue weighted by Crippen LogP contribution is -2.61. The van der Waals surface area contributed by atoms with Crippen LogP contribution in [0.1, 0.15) is 91.4 Å². The summed E-state index contributed by atoms with van der Waals surface area (Å²) < 4.78 is 33.6. The number of hydrogen-bond donors (Lipinski definition) is 4. The molecule has 4 aromatic rings. The molecule has 6 N–H and O–H groups in total. The van der Waals surface area contributed by atoms with Crippen molar-refractivity contribution in [2.75, 3.05) is 77.9 Å². The van der Waals surface area contributed by atoms with Gasteiger partial charge in [0.15, 0.2) is 0 Å². The van der Waals surface area contributed by atoms with E-state index >= 15 is 0 Å². The van der Waals surface area contributed by atoms with Crippen LogP contribution in [0.2, 0.25) is 0 Å². The van der Waals surface area contributed by atoms with Crippen molar-refractivity contribution in [3.05, 3.63) is 88.1 Å². The predicted octanol–water partition coefficient (Wildman–Crippen LogP) is 3.30. The van der Waals surface area contributed by atoms with Gasteiger partial charge >= 0.3 is 0 Å². The van der Waals surface area contributed by atoms with Crippen LogP contribution in [0.4, 0.5) is 15.9 Å². The molecule has 20 nitrogen and oxygen atoms in total. The summed E-state index contributed by atoms with van der Waals surface area (Å²) in [6, 6.07) is 11.2. The standard InChI is InChI=1S/C52H67FN12O8/c1-31(57-5)49(68)59-46(52(2,3)4)51(70)64-29-34-23-36(12-10-32(34)24-42(64)48(56)67)73-22-21-72-20-19-71-18-14-44(66)61(6)16-17-65-43(27-54)45-33-25-41(47(55)58-28-33)63-15-8-9-40(63)38-26-35(53)11-13-37(38)50(69)62(7)30-39(45)60-65/h10-13,23,25-26,28,31,40,42,46,57H,8-9,14-22,24,29-30H2,1-7H3,(H2,55,58)(H2,56,67)(H,59,68)/t31-,40+,42-,46+/m0/s1. The first-order valence-electron chi connectivity index (χ1n) is 24.6. The second-order valence-electron chi connectivity index (χ2n) is 19.9. The Balaban J connectivity index is 0.882. The SMILES string of the molecule is CN[C@@H](C)C(=O)N[C@H](C(=O)N1Cc2cc(OCCOCCOCCC(=O)N(C)CCn3nc4c(c3C#N)-c3cnc(N)c(c3)N3CCC[C@@H]3c3cc(F)ccc3C(=O)N(C)C4)ccc2C[C@H]1C(N)=O)C(C)(C)C. The van der Waals surface area contributed by atoms with Gasteiger partial charge in [-0.2, -0.15) is 10.4 Å². The van der Waals surface area contributed by atoms with E-state index in [-0.39, 0.29) is 107 Å². The highest BCUT2D eigenvalue weighted by Crippen LogP contribution is 2.43. The molecule has 2 aromatic heterocycles. The Kier molecular flexibility index (Phi) is 17.0. The molecule has 0 radical (unpaired) electrons. The number of likely N-dealkylation sites (N-methyl/N-ethyl adjacent to an activating group) is 2. The zero-order valence-electron chi connectivity index (χ0n) is 42.7. The van der Waals surface area contributed by atoms with E-state index in [0.29, 0.717) is 52.4 Å². The van der Waals surface area contributed by atoms with Gasteiger partial charge in [-0.15, -0.1) is 0 Å². The van der Waals surface area contributed by atoms with Gasteiger partial charge in [-0.25, -0.2) is 9.37 Å². The molecule has 5 amide bonds. The van der Waals surface area contributed by atoms with Gasteiger partial charge < -0.3 is 55.9 Å². The molecule has 0 spiro atoms. The molecule has 390 valence electrons. The highest BCUT2D eigenvalue weighted by atomic mass is 19.1. The van der Waals surface area contributed by atoms with E-state index in [2.05, 4.69) is 21.7 Å². The van der Waals surface area contributed by atoms with Crippen molar-refractivity contribution in [3.8, 4) is 22.9 Å². The number of amides is 5. The molecular formula is C52H67FN12O8. The number of nitriles is 1. The number of halogens is 1. The van der Waals surface area contributed by atoms with E-state index in [1.54, 1.807) is 49.9 Å². The fourth-order valence-electron chi connectivity index (χ4n) is 9.53. The molecule has 1 fully saturated rings. The summed E-state index contributed by atoms with van der Waals surface area (Å²) >= 11 is 0. The number of anilines is 2. The van der Waals surface area contributed by atoms with Crippen LogP contribution >= 0.6 is 0 Å². The average molecular weight is 1010 g/mol. The summed E-state index contributed by atoms with van der Waals surface area (Å²) in [5.74, 6) is -1.46. The molecule has 0 saturated carbocycles. The number of nitrogens with two attached hydrogens (primary N) is 2. The first-order chi connectivity index (χ1) is 34.8. The minimum atomic E-state index is -0.907. The fourth-order valence-corrected chi connectivity index (χ4v) is 9.53. The monoisotopic (exact) mass is 1010 g/mol. The van der Waals surface area contributed by atoms with Crippen LogP contribution < -0.4 is 31.7 Å². The largest absolute Gasteiger partial charge is 0.491 e. The maximum atomic E-state index is 14.7. The molecular weight excluding hydrogens is 940 g/mol. The Morgan fingerprint density at radius 2 is 1.77 bits per heavy atom. The van der Waals surface area contributed by atoms with Crippen molar-refractivity contribution >= 4 is 41.0 Å². The van der Waals surface area contributed by atoms with Crippen molar-refractivity contribution in [2.24, 2.45) is 11.1 Å². The van der Waals surface area contributed by atoms with Crippen LogP contribution in [0.25, 0.3) is 11.1 Å². The maximum absolute atomic E-state index is 14.7. The van der Waals surface area contributed by atoms with Crippen LogP contribution in [0.3, 0.4) is 0 Å². The Bertz CT molecular complexity index is 2750. The molecule has 2 bridgehead atoms. The van der Waals surface area contributed by atoms with Gasteiger partial charge in [0.05, 0.1) is 69.4 Å². The van der Waals surface area contributed by atoms with Crippen molar-refractivity contribution in [1.82, 2.24) is 40.1 Å². The lowest BCUT2D eigenvalue weighted by atomic mass is 9.84. The number of nitrogens with one attached hydrogen (secondary N) is 2. The average Bonchev–Trinajstić information content (AvgIpc) is 3.99. The first kappa shape index (κ1) is 53.6. The Morgan fingerprint density at radius 1 is 1.03 bits per heavy atom. The number of aromatic nitrogens is 3. The summed E-state index contributed by atoms with van der Waals surface area (Å²) in [7, 11) is 4.97. The number of benzene rings is 2. The predicted molar refractivity (Wildman–Crippen MR) is 269 cm³/mol. The van der Waals surface area contributed by atoms with E-state index in [9.17, 15) is 33.6 Å². The van der Waals surface area contributed by atoms with Crippen molar-refractivity contribution < 1.29 is 42.6 Å². The van der Waals surface area contributed by atoms with Crippen LogP contribution in [0, 0.1) is 22.6 Å². The molecule has 5 heterocycles. The van der Waals surface area contributed by atoms with Crippen LogP contribution in [-0.2, 0) is 54.7 Å². The quantitative estimate of drug-likeness (QED) is 0.104. The zero-order chi connectivity index (χ0) is 52.7. The summed E-state index contributed by atoms with van der Waals surface area (Å²) in [4.78, 5) is 77.8. The molecule has 73 heavy (non-hydrogen) atoms. The molecule has 3 aliphatic heterocycles. The van der Waals surface area contributed by atoms with Gasteiger partial charge in [-0.1, -0.05) is 26.8 Å². The normalized spacial score (nSPS) is 17.2. The molecule has 4 atom stereocenters. The van der Waals surface area contributed by atoms with Crippen LogP contribution in [0.15, 0.2) is 48.7 Å². The van der Waals surface area contributed by atoms with Gasteiger partial charge in [0, 0.05) is 63.0 Å². The minimum absolute atomic E-state index is 0.0447. The van der Waals surface area contributed by atoms with Crippen LogP contribution in [0.5, 0.6) is 5.75 Å². The number of primary amides is 1. The Labute approximate surface area is 425 Å². The number of nitrogen functional groups attached to an aromatic ring is 1. The highest BCUT2D eigenvalue weighted by molar-refractivity contribution is 5.96. The van der Waals surface area contributed by atoms with Gasteiger partial charge in [-0.3, -0.25) is 28.7 Å². The van der Waals surface area contributed by atoms with Crippen molar-refractivity contribution in [3.63, 3.8) is 0 Å². The first-order valence-corrected chi connectivity index (χ1v) is 24.6. The van der Waals surface area contributed by atoms with Gasteiger partial charge in [-0.05, 0) is 85.3 Å². The van der Waals surface area contributed by atoms with Crippen LogP contribution in [-0.4, -0.2) is 144 Å². The van der Waals surface area contributed by atoms with Crippen molar-refractivity contribution in [2.45, 2.75) is 97.2 Å². The maximum Gasteiger partial charge on any atom is 0.254 e. The number of pyridine rings is 1. The smallest absolute Gasteiger partial charge is 0.254 e. The Morgan fingerprint density at radius 3 is 2.48 bits per heavy atom.